The summed E-state index contributed by atoms with van der Waals surface area (Å²) in [4.78, 5) is 29.2. The van der Waals surface area contributed by atoms with E-state index in [1.54, 1.807) is 6.08 Å². The van der Waals surface area contributed by atoms with Gasteiger partial charge in [-0.15, -0.1) is 0 Å². The minimum Gasteiger partial charge on any atom is -0.354 e. The maximum atomic E-state index is 12.7. The summed E-state index contributed by atoms with van der Waals surface area (Å²) in [6, 6.07) is 20.4. The number of carbonyl (C=O) groups is 2. The maximum absolute atomic E-state index is 12.7. The third-order valence-corrected chi connectivity index (χ3v) is 5.95. The summed E-state index contributed by atoms with van der Waals surface area (Å²) < 4.78 is 0. The zero-order chi connectivity index (χ0) is 22.1. The number of rotatable bonds is 8. The fourth-order valence-electron chi connectivity index (χ4n) is 3.89. The second-order valence-electron chi connectivity index (χ2n) is 8.40. The van der Waals surface area contributed by atoms with E-state index in [1.807, 2.05) is 73.6 Å². The molecule has 1 aliphatic rings. The molecule has 0 radical (unpaired) electrons. The van der Waals surface area contributed by atoms with Gasteiger partial charge in [-0.05, 0) is 50.6 Å². The second-order valence-corrected chi connectivity index (χ2v) is 8.40. The number of nitrogens with zero attached hydrogens (tertiary/aromatic N) is 2. The van der Waals surface area contributed by atoms with Crippen LogP contribution in [0.4, 0.5) is 0 Å². The SMILES string of the molecule is CN(C)C(CNC(=O)C1CCN(C(=O)C=Cc2ccccc2)CC1)Cc1ccccc1. The Morgan fingerprint density at radius 3 is 2.26 bits per heavy atom. The van der Waals surface area contributed by atoms with E-state index in [9.17, 15) is 9.59 Å². The van der Waals surface area contributed by atoms with Crippen LogP contribution in [0.1, 0.15) is 24.0 Å². The standard InChI is InChI=1S/C26H33N3O2/c1-28(2)24(19-22-11-7-4-8-12-22)20-27-26(31)23-15-17-29(18-16-23)25(30)14-13-21-9-5-3-6-10-21/h3-14,23-24H,15-20H2,1-2H3,(H,27,31). The van der Waals surface area contributed by atoms with Crippen molar-refractivity contribution in [2.75, 3.05) is 33.7 Å². The van der Waals surface area contributed by atoms with E-state index in [1.165, 1.54) is 5.56 Å². The van der Waals surface area contributed by atoms with E-state index < -0.39 is 0 Å². The molecule has 2 aromatic carbocycles. The third-order valence-electron chi connectivity index (χ3n) is 5.95. The van der Waals surface area contributed by atoms with E-state index in [-0.39, 0.29) is 23.8 Å². The van der Waals surface area contributed by atoms with Gasteiger partial charge in [0, 0.05) is 37.7 Å². The molecule has 1 fully saturated rings. The number of piperidine rings is 1. The van der Waals surface area contributed by atoms with E-state index in [0.717, 1.165) is 12.0 Å². The smallest absolute Gasteiger partial charge is 0.246 e. The van der Waals surface area contributed by atoms with Crippen LogP contribution in [0.15, 0.2) is 66.7 Å². The summed E-state index contributed by atoms with van der Waals surface area (Å²) in [5, 5.41) is 3.15. The van der Waals surface area contributed by atoms with Crippen molar-refractivity contribution in [2.24, 2.45) is 5.92 Å². The summed E-state index contributed by atoms with van der Waals surface area (Å²) in [7, 11) is 4.10. The monoisotopic (exact) mass is 419 g/mol. The van der Waals surface area contributed by atoms with Crippen molar-refractivity contribution < 1.29 is 9.59 Å². The molecular formula is C26H33N3O2. The predicted octanol–water partition coefficient (Wildman–Crippen LogP) is 3.23. The van der Waals surface area contributed by atoms with Gasteiger partial charge in [-0.25, -0.2) is 0 Å². The summed E-state index contributed by atoms with van der Waals surface area (Å²) in [6.07, 6.45) is 5.79. The summed E-state index contributed by atoms with van der Waals surface area (Å²) in [5.74, 6) is 0.0896. The average Bonchev–Trinajstić information content (AvgIpc) is 2.81. The Kier molecular flexibility index (Phi) is 8.42. The first kappa shape index (κ1) is 22.8. The first-order valence-corrected chi connectivity index (χ1v) is 11.0. The molecule has 0 spiro atoms. The quantitative estimate of drug-likeness (QED) is 0.669. The molecule has 164 valence electrons. The van der Waals surface area contributed by atoms with E-state index in [4.69, 9.17) is 0 Å². The van der Waals surface area contributed by atoms with Crippen LogP contribution in [0.3, 0.4) is 0 Å². The number of hydrogen-bond acceptors (Lipinski definition) is 3. The second kappa shape index (κ2) is 11.5. The third kappa shape index (κ3) is 7.07. The minimum atomic E-state index is -0.0262. The van der Waals surface area contributed by atoms with Crippen LogP contribution in [0.25, 0.3) is 6.08 Å². The molecule has 1 unspecified atom stereocenters. The predicted molar refractivity (Wildman–Crippen MR) is 125 cm³/mol. The molecule has 2 aromatic rings. The Labute approximate surface area is 185 Å². The van der Waals surface area contributed by atoms with Crippen LogP contribution in [-0.4, -0.2) is 61.4 Å². The first-order valence-electron chi connectivity index (χ1n) is 11.0. The zero-order valence-electron chi connectivity index (χ0n) is 18.5. The van der Waals surface area contributed by atoms with Gasteiger partial charge in [-0.2, -0.15) is 0 Å². The van der Waals surface area contributed by atoms with Crippen LogP contribution >= 0.6 is 0 Å². The van der Waals surface area contributed by atoms with Crippen LogP contribution in [-0.2, 0) is 16.0 Å². The Morgan fingerprint density at radius 2 is 1.65 bits per heavy atom. The number of nitrogens with one attached hydrogen (secondary N) is 1. The lowest BCUT2D eigenvalue weighted by atomic mass is 9.95. The summed E-state index contributed by atoms with van der Waals surface area (Å²) >= 11 is 0. The molecule has 5 nitrogen and oxygen atoms in total. The molecule has 1 atom stereocenters. The molecule has 2 amide bonds. The van der Waals surface area contributed by atoms with Gasteiger partial charge in [-0.3, -0.25) is 9.59 Å². The Hall–Kier alpha value is -2.92. The van der Waals surface area contributed by atoms with Crippen molar-refractivity contribution in [1.29, 1.82) is 0 Å². The zero-order valence-corrected chi connectivity index (χ0v) is 18.5. The van der Waals surface area contributed by atoms with Gasteiger partial charge in [0.15, 0.2) is 0 Å². The first-order chi connectivity index (χ1) is 15.0. The van der Waals surface area contributed by atoms with Crippen molar-refractivity contribution in [3.63, 3.8) is 0 Å². The van der Waals surface area contributed by atoms with Gasteiger partial charge >= 0.3 is 0 Å². The molecule has 0 bridgehead atoms. The van der Waals surface area contributed by atoms with E-state index >= 15 is 0 Å². The molecule has 0 aliphatic carbocycles. The molecule has 0 saturated carbocycles. The van der Waals surface area contributed by atoms with Crippen LogP contribution in [0.2, 0.25) is 0 Å². The molecule has 1 N–H and O–H groups in total. The van der Waals surface area contributed by atoms with Crippen molar-refractivity contribution in [2.45, 2.75) is 25.3 Å². The summed E-state index contributed by atoms with van der Waals surface area (Å²) in [6.45, 7) is 1.87. The van der Waals surface area contributed by atoms with E-state index in [2.05, 4.69) is 22.3 Å². The number of likely N-dealkylation sites (N-methyl/N-ethyl adjacent to an activating group) is 1. The van der Waals surface area contributed by atoms with Crippen LogP contribution in [0, 0.1) is 5.92 Å². The van der Waals surface area contributed by atoms with Crippen molar-refractivity contribution in [3.8, 4) is 0 Å². The Morgan fingerprint density at radius 1 is 1.03 bits per heavy atom. The molecule has 3 rings (SSSR count). The molecule has 1 aliphatic heterocycles. The largest absolute Gasteiger partial charge is 0.354 e. The fraction of sp³-hybridized carbons (Fsp3) is 0.385. The number of amides is 2. The molecule has 1 saturated heterocycles. The lowest BCUT2D eigenvalue weighted by Gasteiger charge is -2.31. The number of benzene rings is 2. The van der Waals surface area contributed by atoms with Gasteiger partial charge in [0.25, 0.3) is 0 Å². The molecule has 5 heteroatoms. The topological polar surface area (TPSA) is 52.7 Å². The molecular weight excluding hydrogens is 386 g/mol. The van der Waals surface area contributed by atoms with Crippen LogP contribution < -0.4 is 5.32 Å². The number of likely N-dealkylation sites (tertiary alicyclic amines) is 1. The highest BCUT2D eigenvalue weighted by Gasteiger charge is 2.27. The van der Waals surface area contributed by atoms with Crippen molar-refractivity contribution >= 4 is 17.9 Å². The summed E-state index contributed by atoms with van der Waals surface area (Å²) in [5.41, 5.74) is 2.28. The average molecular weight is 420 g/mol. The van der Waals surface area contributed by atoms with Gasteiger partial charge in [0.1, 0.15) is 0 Å². The normalized spacial score (nSPS) is 15.9. The van der Waals surface area contributed by atoms with Gasteiger partial charge < -0.3 is 15.1 Å². The minimum absolute atomic E-state index is 0.0123. The molecule has 1 heterocycles. The number of hydrogen-bond donors (Lipinski definition) is 1. The fourth-order valence-corrected chi connectivity index (χ4v) is 3.89. The highest BCUT2D eigenvalue weighted by molar-refractivity contribution is 5.92. The highest BCUT2D eigenvalue weighted by Crippen LogP contribution is 2.18. The van der Waals surface area contributed by atoms with Gasteiger partial charge in [-0.1, -0.05) is 60.7 Å². The van der Waals surface area contributed by atoms with Crippen LogP contribution in [0.5, 0.6) is 0 Å². The lowest BCUT2D eigenvalue weighted by molar-refractivity contribution is -0.132. The highest BCUT2D eigenvalue weighted by atomic mass is 16.2. The van der Waals surface area contributed by atoms with Crippen molar-refractivity contribution in [1.82, 2.24) is 15.1 Å². The van der Waals surface area contributed by atoms with Gasteiger partial charge in [0.2, 0.25) is 11.8 Å². The number of carbonyl (C=O) groups excluding carboxylic acids is 2. The lowest BCUT2D eigenvalue weighted by Crippen LogP contribution is -2.46. The van der Waals surface area contributed by atoms with Crippen molar-refractivity contribution in [3.05, 3.63) is 77.9 Å². The van der Waals surface area contributed by atoms with Gasteiger partial charge in [0.05, 0.1) is 0 Å². The molecule has 0 aromatic heterocycles. The Bertz CT molecular complexity index is 857. The Balaban J connectivity index is 1.44. The maximum Gasteiger partial charge on any atom is 0.246 e. The van der Waals surface area contributed by atoms with E-state index in [0.29, 0.717) is 32.5 Å². The molecule has 31 heavy (non-hydrogen) atoms.